The summed E-state index contributed by atoms with van der Waals surface area (Å²) in [4.78, 5) is 0. The first-order chi connectivity index (χ1) is 17.0. The summed E-state index contributed by atoms with van der Waals surface area (Å²) < 4.78 is 157. The molecule has 4 atom stereocenters. The van der Waals surface area contributed by atoms with E-state index in [1.165, 1.54) is 0 Å². The Morgan fingerprint density at radius 1 is 0.579 bits per heavy atom. The standard InChI is InChI=1S/C24H32F12O2/c1-18(16-5-2-13(3-6-16)11-19(37,21(25,26)27)22(28,29)30)9-8-15-10-14(4-7-17(15)18)12-20(38,23(31,32)33)24(34,35)36/h13-17,37-38H,2-12H2,1H3. The molecule has 4 unspecified atom stereocenters. The van der Waals surface area contributed by atoms with Crippen molar-refractivity contribution in [1.29, 1.82) is 0 Å². The number of hydrogen-bond donors (Lipinski definition) is 2. The Morgan fingerprint density at radius 3 is 1.39 bits per heavy atom. The third-order valence-electron chi connectivity index (χ3n) is 9.82. The lowest BCUT2D eigenvalue weighted by atomic mass is 9.58. The molecule has 2 N–H and O–H groups in total. The predicted molar refractivity (Wildman–Crippen MR) is 110 cm³/mol. The summed E-state index contributed by atoms with van der Waals surface area (Å²) in [6, 6.07) is 0. The summed E-state index contributed by atoms with van der Waals surface area (Å²) in [5.41, 5.74) is -9.99. The zero-order chi connectivity index (χ0) is 29.2. The molecule has 0 aromatic heterocycles. The van der Waals surface area contributed by atoms with Crippen molar-refractivity contribution in [2.24, 2.45) is 35.0 Å². The summed E-state index contributed by atoms with van der Waals surface area (Å²) in [7, 11) is 0. The smallest absolute Gasteiger partial charge is 0.374 e. The van der Waals surface area contributed by atoms with E-state index in [0.29, 0.717) is 32.1 Å². The Kier molecular flexibility index (Phi) is 8.21. The second-order valence-corrected chi connectivity index (χ2v) is 11.9. The Bertz CT molecular complexity index is 794. The van der Waals surface area contributed by atoms with Crippen LogP contribution < -0.4 is 0 Å². The summed E-state index contributed by atoms with van der Waals surface area (Å²) in [5.74, 6) is -2.30. The Hall–Kier alpha value is -0.920. The van der Waals surface area contributed by atoms with Crippen molar-refractivity contribution >= 4 is 0 Å². The molecule has 3 rings (SSSR count). The van der Waals surface area contributed by atoms with E-state index >= 15 is 0 Å². The molecule has 3 aliphatic carbocycles. The van der Waals surface area contributed by atoms with Gasteiger partial charge in [-0.2, -0.15) is 52.7 Å². The maximum atomic E-state index is 13.1. The van der Waals surface area contributed by atoms with Crippen molar-refractivity contribution in [3.63, 3.8) is 0 Å². The van der Waals surface area contributed by atoms with E-state index in [-0.39, 0.29) is 43.4 Å². The third kappa shape index (κ3) is 5.50. The monoisotopic (exact) mass is 580 g/mol. The highest BCUT2D eigenvalue weighted by Gasteiger charge is 2.71. The number of fused-ring (bicyclic) bond motifs is 1. The molecule has 0 heterocycles. The quantitative estimate of drug-likeness (QED) is 0.323. The van der Waals surface area contributed by atoms with Gasteiger partial charge in [0.1, 0.15) is 0 Å². The van der Waals surface area contributed by atoms with E-state index in [0.717, 1.165) is 0 Å². The minimum Gasteiger partial charge on any atom is -0.374 e. The number of hydrogen-bond acceptors (Lipinski definition) is 2. The van der Waals surface area contributed by atoms with Crippen LogP contribution in [-0.2, 0) is 0 Å². The zero-order valence-corrected chi connectivity index (χ0v) is 20.6. The predicted octanol–water partition coefficient (Wildman–Crippen LogP) is 8.12. The molecule has 0 aromatic carbocycles. The first kappa shape index (κ1) is 31.6. The van der Waals surface area contributed by atoms with Gasteiger partial charge in [-0.05, 0) is 86.4 Å². The van der Waals surface area contributed by atoms with Gasteiger partial charge in [0.25, 0.3) is 11.2 Å². The molecular formula is C24H32F12O2. The average Bonchev–Trinajstić information content (AvgIpc) is 3.08. The zero-order valence-electron chi connectivity index (χ0n) is 20.6. The van der Waals surface area contributed by atoms with Crippen LogP contribution >= 0.6 is 0 Å². The molecule has 0 aromatic rings. The van der Waals surface area contributed by atoms with Gasteiger partial charge in [0.2, 0.25) is 0 Å². The van der Waals surface area contributed by atoms with Crippen LogP contribution in [0.5, 0.6) is 0 Å². The molecule has 224 valence electrons. The van der Waals surface area contributed by atoms with E-state index in [1.54, 1.807) is 0 Å². The van der Waals surface area contributed by atoms with Crippen LogP contribution in [0.4, 0.5) is 52.7 Å². The van der Waals surface area contributed by atoms with E-state index in [9.17, 15) is 62.9 Å². The second kappa shape index (κ2) is 9.87. The van der Waals surface area contributed by atoms with Gasteiger partial charge in [-0.1, -0.05) is 26.2 Å². The highest BCUT2D eigenvalue weighted by molar-refractivity contribution is 5.04. The normalized spacial score (nSPS) is 34.3. The first-order valence-corrected chi connectivity index (χ1v) is 12.7. The number of halogens is 12. The van der Waals surface area contributed by atoms with Crippen LogP contribution in [0.2, 0.25) is 0 Å². The molecule has 2 nitrogen and oxygen atoms in total. The van der Waals surface area contributed by atoms with Gasteiger partial charge in [-0.15, -0.1) is 0 Å². The average molecular weight is 580 g/mol. The lowest BCUT2D eigenvalue weighted by Gasteiger charge is -2.47. The van der Waals surface area contributed by atoms with Crippen LogP contribution in [0, 0.1) is 35.0 Å². The molecule has 0 aliphatic heterocycles. The minimum absolute atomic E-state index is 0.0406. The fourth-order valence-corrected chi connectivity index (χ4v) is 7.57. The fourth-order valence-electron chi connectivity index (χ4n) is 7.57. The van der Waals surface area contributed by atoms with Crippen molar-refractivity contribution in [3.8, 4) is 0 Å². The van der Waals surface area contributed by atoms with Crippen molar-refractivity contribution in [2.75, 3.05) is 0 Å². The second-order valence-electron chi connectivity index (χ2n) is 11.9. The molecule has 0 radical (unpaired) electrons. The van der Waals surface area contributed by atoms with Gasteiger partial charge in [-0.25, -0.2) is 0 Å². The van der Waals surface area contributed by atoms with Crippen molar-refractivity contribution in [1.82, 2.24) is 0 Å². The van der Waals surface area contributed by atoms with Crippen LogP contribution in [0.25, 0.3) is 0 Å². The molecule has 3 aliphatic rings. The van der Waals surface area contributed by atoms with E-state index < -0.39 is 66.0 Å². The maximum absolute atomic E-state index is 13.1. The molecule has 38 heavy (non-hydrogen) atoms. The molecule has 0 spiro atoms. The van der Waals surface area contributed by atoms with Crippen LogP contribution in [0.15, 0.2) is 0 Å². The molecule has 0 amide bonds. The van der Waals surface area contributed by atoms with Gasteiger partial charge < -0.3 is 10.2 Å². The van der Waals surface area contributed by atoms with Crippen molar-refractivity contribution in [2.45, 2.75) is 113 Å². The molecule has 0 bridgehead atoms. The summed E-state index contributed by atoms with van der Waals surface area (Å²) in [6.45, 7) is 1.94. The number of rotatable bonds is 5. The molecule has 14 heteroatoms. The van der Waals surface area contributed by atoms with Gasteiger partial charge >= 0.3 is 24.7 Å². The SMILES string of the molecule is CC1(C2CCC(CC(O)(C(F)(F)F)C(F)(F)F)CC2)CCC2CC(CC(O)(C(F)(F)F)C(F)(F)F)CCC21. The van der Waals surface area contributed by atoms with Gasteiger partial charge in [-0.3, -0.25) is 0 Å². The molecule has 0 saturated heterocycles. The Morgan fingerprint density at radius 2 is 0.974 bits per heavy atom. The largest absolute Gasteiger partial charge is 0.426 e. The number of alkyl halides is 12. The van der Waals surface area contributed by atoms with E-state index in [2.05, 4.69) is 0 Å². The van der Waals surface area contributed by atoms with E-state index in [1.807, 2.05) is 6.92 Å². The lowest BCUT2D eigenvalue weighted by Crippen LogP contribution is -2.58. The minimum atomic E-state index is -5.88. The van der Waals surface area contributed by atoms with Crippen LogP contribution in [-0.4, -0.2) is 46.1 Å². The lowest BCUT2D eigenvalue weighted by molar-refractivity contribution is -0.373. The fraction of sp³-hybridized carbons (Fsp3) is 1.00. The number of aliphatic hydroxyl groups is 2. The summed E-state index contributed by atoms with van der Waals surface area (Å²) >= 11 is 0. The third-order valence-corrected chi connectivity index (χ3v) is 9.82. The molecule has 3 saturated carbocycles. The maximum Gasteiger partial charge on any atom is 0.426 e. The highest BCUT2D eigenvalue weighted by Crippen LogP contribution is 2.62. The Labute approximate surface area is 212 Å². The molecule has 3 fully saturated rings. The first-order valence-electron chi connectivity index (χ1n) is 12.7. The van der Waals surface area contributed by atoms with Crippen LogP contribution in [0.1, 0.15) is 77.6 Å². The summed E-state index contributed by atoms with van der Waals surface area (Å²) in [6.07, 6.45) is -24.2. The van der Waals surface area contributed by atoms with Gasteiger partial charge in [0.15, 0.2) is 0 Å². The van der Waals surface area contributed by atoms with Crippen molar-refractivity contribution < 1.29 is 62.9 Å². The van der Waals surface area contributed by atoms with Gasteiger partial charge in [0, 0.05) is 0 Å². The topological polar surface area (TPSA) is 40.5 Å². The highest BCUT2D eigenvalue weighted by atomic mass is 19.4. The van der Waals surface area contributed by atoms with Crippen LogP contribution in [0.3, 0.4) is 0 Å². The molecular weight excluding hydrogens is 548 g/mol. The van der Waals surface area contributed by atoms with Crippen molar-refractivity contribution in [3.05, 3.63) is 0 Å². The Balaban J connectivity index is 1.63. The van der Waals surface area contributed by atoms with Gasteiger partial charge in [0.05, 0.1) is 0 Å². The summed E-state index contributed by atoms with van der Waals surface area (Å²) in [5, 5.41) is 19.1. The van der Waals surface area contributed by atoms with E-state index in [4.69, 9.17) is 0 Å².